The lowest BCUT2D eigenvalue weighted by atomic mass is 10.0. The normalized spacial score (nSPS) is 10.7. The van der Waals surface area contributed by atoms with E-state index in [1.807, 2.05) is 19.1 Å². The van der Waals surface area contributed by atoms with Crippen LogP contribution in [-0.4, -0.2) is 11.5 Å². The Morgan fingerprint density at radius 3 is 2.19 bits per heavy atom. The van der Waals surface area contributed by atoms with Gasteiger partial charge >= 0.3 is 0 Å². The lowest BCUT2D eigenvalue weighted by molar-refractivity contribution is 0.102. The second-order valence-corrected chi connectivity index (χ2v) is 6.72. The summed E-state index contributed by atoms with van der Waals surface area (Å²) in [4.78, 5) is 12.3. The van der Waals surface area contributed by atoms with Crippen LogP contribution in [0.4, 0.5) is 0 Å². The first-order chi connectivity index (χ1) is 9.95. The first-order valence-corrected chi connectivity index (χ1v) is 8.36. The van der Waals surface area contributed by atoms with Gasteiger partial charge in [0.25, 0.3) is 0 Å². The maximum absolute atomic E-state index is 12.3. The third kappa shape index (κ3) is 4.47. The molecular weight excluding hydrogens is 276 g/mol. The molecule has 21 heavy (non-hydrogen) atoms. The molecule has 0 unspecified atom stereocenters. The van der Waals surface area contributed by atoms with Crippen LogP contribution in [-0.2, 0) is 5.75 Å². The first-order valence-electron chi connectivity index (χ1n) is 7.21. The first kappa shape index (κ1) is 15.8. The predicted molar refractivity (Wildman–Crippen MR) is 92.3 cm³/mol. The van der Waals surface area contributed by atoms with Crippen LogP contribution in [0.15, 0.2) is 36.4 Å². The van der Waals surface area contributed by atoms with E-state index >= 15 is 0 Å². The average molecular weight is 298 g/mol. The van der Waals surface area contributed by atoms with Crippen molar-refractivity contribution in [2.24, 2.45) is 0 Å². The molecular formula is C19H22OS. The molecule has 0 fully saturated rings. The Kier molecular flexibility index (Phi) is 5.24. The number of carbonyl (C=O) groups is 1. The molecule has 0 spiro atoms. The number of benzene rings is 2. The Bertz CT molecular complexity index is 638. The molecule has 2 heteroatoms. The van der Waals surface area contributed by atoms with E-state index in [4.69, 9.17) is 0 Å². The van der Waals surface area contributed by atoms with Crippen LogP contribution in [0.5, 0.6) is 0 Å². The molecule has 0 N–H and O–H groups in total. The highest BCUT2D eigenvalue weighted by Gasteiger charge is 2.09. The molecule has 2 aromatic carbocycles. The minimum absolute atomic E-state index is 0.224. The average Bonchev–Trinajstić information content (AvgIpc) is 2.37. The second kappa shape index (κ2) is 6.95. The van der Waals surface area contributed by atoms with Crippen molar-refractivity contribution in [3.63, 3.8) is 0 Å². The van der Waals surface area contributed by atoms with Crippen LogP contribution >= 0.6 is 11.8 Å². The molecule has 0 aliphatic heterocycles. The Labute approximate surface area is 131 Å². The number of ketones is 1. The Balaban J connectivity index is 1.95. The van der Waals surface area contributed by atoms with Crippen molar-refractivity contribution in [2.75, 3.05) is 5.75 Å². The van der Waals surface area contributed by atoms with Crippen LogP contribution in [0.2, 0.25) is 0 Å². The van der Waals surface area contributed by atoms with Crippen molar-refractivity contribution in [2.45, 2.75) is 33.4 Å². The van der Waals surface area contributed by atoms with E-state index in [1.165, 1.54) is 22.3 Å². The van der Waals surface area contributed by atoms with Gasteiger partial charge in [0.05, 0.1) is 5.75 Å². The molecule has 0 aliphatic rings. The summed E-state index contributed by atoms with van der Waals surface area (Å²) in [5, 5.41) is 0. The number of Topliss-reactive ketones (excluding diaryl/α,β-unsaturated/α-hetero) is 1. The summed E-state index contributed by atoms with van der Waals surface area (Å²) in [5.41, 5.74) is 7.00. The van der Waals surface area contributed by atoms with E-state index in [0.717, 1.165) is 16.9 Å². The van der Waals surface area contributed by atoms with E-state index in [-0.39, 0.29) is 5.78 Å². The lowest BCUT2D eigenvalue weighted by Gasteiger charge is -2.07. The summed E-state index contributed by atoms with van der Waals surface area (Å²) < 4.78 is 0. The summed E-state index contributed by atoms with van der Waals surface area (Å²) in [5.74, 6) is 1.65. The molecule has 0 bridgehead atoms. The third-order valence-corrected chi connectivity index (χ3v) is 4.47. The van der Waals surface area contributed by atoms with Gasteiger partial charge in [0.2, 0.25) is 0 Å². The van der Waals surface area contributed by atoms with E-state index < -0.39 is 0 Å². The monoisotopic (exact) mass is 298 g/mol. The number of hydrogen-bond acceptors (Lipinski definition) is 2. The van der Waals surface area contributed by atoms with Gasteiger partial charge in [0.1, 0.15) is 0 Å². The number of thioether (sulfide) groups is 1. The number of rotatable bonds is 5. The quantitative estimate of drug-likeness (QED) is 0.720. The molecule has 2 aromatic rings. The van der Waals surface area contributed by atoms with Crippen molar-refractivity contribution in [1.82, 2.24) is 0 Å². The molecule has 0 heterocycles. The van der Waals surface area contributed by atoms with E-state index in [9.17, 15) is 4.79 Å². The zero-order chi connectivity index (χ0) is 15.4. The Hall–Kier alpha value is -1.54. The van der Waals surface area contributed by atoms with Crippen molar-refractivity contribution in [3.8, 4) is 0 Å². The van der Waals surface area contributed by atoms with E-state index in [0.29, 0.717) is 5.75 Å². The SMILES string of the molecule is Cc1cc(C)cc(CSCC(=O)c2ccc(C)cc2C)c1. The summed E-state index contributed by atoms with van der Waals surface area (Å²) in [6.07, 6.45) is 0. The van der Waals surface area contributed by atoms with Gasteiger partial charge in [0.15, 0.2) is 5.78 Å². The summed E-state index contributed by atoms with van der Waals surface area (Å²) in [6, 6.07) is 12.6. The lowest BCUT2D eigenvalue weighted by Crippen LogP contribution is -2.05. The van der Waals surface area contributed by atoms with Gasteiger partial charge in [-0.1, -0.05) is 53.1 Å². The highest BCUT2D eigenvalue weighted by Crippen LogP contribution is 2.18. The van der Waals surface area contributed by atoms with Crippen LogP contribution in [0.25, 0.3) is 0 Å². The number of hydrogen-bond donors (Lipinski definition) is 0. The molecule has 0 saturated heterocycles. The minimum Gasteiger partial charge on any atom is -0.293 e. The van der Waals surface area contributed by atoms with Crippen LogP contribution in [0.1, 0.15) is 38.2 Å². The summed E-state index contributed by atoms with van der Waals surface area (Å²) >= 11 is 1.69. The molecule has 2 rings (SSSR count). The largest absolute Gasteiger partial charge is 0.293 e. The van der Waals surface area contributed by atoms with Gasteiger partial charge in [-0.05, 0) is 38.8 Å². The summed E-state index contributed by atoms with van der Waals surface area (Å²) in [7, 11) is 0. The highest BCUT2D eigenvalue weighted by molar-refractivity contribution is 7.99. The number of aryl methyl sites for hydroxylation is 4. The van der Waals surface area contributed by atoms with Crippen molar-refractivity contribution >= 4 is 17.5 Å². The molecule has 1 nitrogen and oxygen atoms in total. The van der Waals surface area contributed by atoms with Gasteiger partial charge in [-0.3, -0.25) is 4.79 Å². The van der Waals surface area contributed by atoms with E-state index in [1.54, 1.807) is 11.8 Å². The maximum atomic E-state index is 12.3. The molecule has 0 aromatic heterocycles. The van der Waals surface area contributed by atoms with Crippen LogP contribution < -0.4 is 0 Å². The predicted octanol–water partition coefficient (Wildman–Crippen LogP) is 5.04. The minimum atomic E-state index is 0.224. The maximum Gasteiger partial charge on any atom is 0.172 e. The van der Waals surface area contributed by atoms with Gasteiger partial charge in [0, 0.05) is 11.3 Å². The van der Waals surface area contributed by atoms with Crippen molar-refractivity contribution in [1.29, 1.82) is 0 Å². The fourth-order valence-electron chi connectivity index (χ4n) is 2.62. The zero-order valence-corrected chi connectivity index (χ0v) is 14.0. The fourth-order valence-corrected chi connectivity index (χ4v) is 3.46. The highest BCUT2D eigenvalue weighted by atomic mass is 32.2. The second-order valence-electron chi connectivity index (χ2n) is 5.73. The number of carbonyl (C=O) groups excluding carboxylic acids is 1. The Morgan fingerprint density at radius 1 is 0.905 bits per heavy atom. The standard InChI is InChI=1S/C19H22OS/c1-13-5-6-18(16(4)8-13)19(20)12-21-11-17-9-14(2)7-15(3)10-17/h5-10H,11-12H2,1-4H3. The van der Waals surface area contributed by atoms with Crippen LogP contribution in [0.3, 0.4) is 0 Å². The van der Waals surface area contributed by atoms with Gasteiger partial charge in [-0.2, -0.15) is 0 Å². The van der Waals surface area contributed by atoms with Crippen molar-refractivity contribution in [3.05, 3.63) is 69.8 Å². The molecule has 0 aliphatic carbocycles. The van der Waals surface area contributed by atoms with Crippen molar-refractivity contribution < 1.29 is 4.79 Å². The Morgan fingerprint density at radius 2 is 1.57 bits per heavy atom. The van der Waals surface area contributed by atoms with Gasteiger partial charge in [-0.15, -0.1) is 11.8 Å². The summed E-state index contributed by atoms with van der Waals surface area (Å²) in [6.45, 7) is 8.29. The molecule has 0 atom stereocenters. The molecule has 0 saturated carbocycles. The fraction of sp³-hybridized carbons (Fsp3) is 0.316. The van der Waals surface area contributed by atoms with Gasteiger partial charge < -0.3 is 0 Å². The smallest absolute Gasteiger partial charge is 0.172 e. The topological polar surface area (TPSA) is 17.1 Å². The zero-order valence-electron chi connectivity index (χ0n) is 13.2. The van der Waals surface area contributed by atoms with Gasteiger partial charge in [-0.25, -0.2) is 0 Å². The van der Waals surface area contributed by atoms with Crippen LogP contribution in [0, 0.1) is 27.7 Å². The molecule has 0 radical (unpaired) electrons. The third-order valence-electron chi connectivity index (χ3n) is 3.47. The van der Waals surface area contributed by atoms with E-state index in [2.05, 4.69) is 45.0 Å². The molecule has 110 valence electrons. The molecule has 0 amide bonds.